The van der Waals surface area contributed by atoms with Crippen LogP contribution in [0.2, 0.25) is 0 Å². The summed E-state index contributed by atoms with van der Waals surface area (Å²) in [4.78, 5) is 12.0. The molecule has 0 atom stereocenters. The Morgan fingerprint density at radius 2 is 2.10 bits per heavy atom. The van der Waals surface area contributed by atoms with Crippen LogP contribution in [0.3, 0.4) is 0 Å². The molecule has 0 unspecified atom stereocenters. The van der Waals surface area contributed by atoms with E-state index in [1.54, 1.807) is 14.0 Å². The fourth-order valence-electron chi connectivity index (χ4n) is 2.20. The number of carbonyl (C=O) groups is 1. The Kier molecular flexibility index (Phi) is 5.07. The maximum atomic E-state index is 12.0. The van der Waals surface area contributed by atoms with Gasteiger partial charge in [-0.05, 0) is 59.1 Å². The number of rotatable bonds is 5. The summed E-state index contributed by atoms with van der Waals surface area (Å²) >= 11 is 3.47. The maximum absolute atomic E-state index is 12.0. The topological polar surface area (TPSA) is 40.5 Å². The Bertz CT molecular complexity index is 649. The van der Waals surface area contributed by atoms with Crippen LogP contribution < -0.4 is 4.74 Å². The van der Waals surface area contributed by atoms with Gasteiger partial charge in [0.1, 0.15) is 11.4 Å². The molecular formula is C16H18BrNO3. The first-order valence-electron chi connectivity index (χ1n) is 6.72. The first kappa shape index (κ1) is 15.6. The molecule has 1 aromatic carbocycles. The third-order valence-electron chi connectivity index (χ3n) is 3.20. The largest absolute Gasteiger partial charge is 0.496 e. The number of esters is 1. The van der Waals surface area contributed by atoms with Gasteiger partial charge in [-0.15, -0.1) is 0 Å². The molecule has 0 fully saturated rings. The lowest BCUT2D eigenvalue weighted by molar-refractivity contribution is 0.0513. The molecule has 0 aliphatic carbocycles. The van der Waals surface area contributed by atoms with Gasteiger partial charge in [-0.1, -0.05) is 6.07 Å². The number of methoxy groups -OCH3 is 1. The number of aryl methyl sites for hydroxylation is 1. The Balaban J connectivity index is 2.28. The summed E-state index contributed by atoms with van der Waals surface area (Å²) in [5.41, 5.74) is 2.59. The number of aromatic nitrogens is 1. The van der Waals surface area contributed by atoms with Crippen LogP contribution in [-0.4, -0.2) is 24.3 Å². The monoisotopic (exact) mass is 351 g/mol. The number of halogens is 1. The number of hydrogen-bond acceptors (Lipinski definition) is 3. The SMILES string of the molecule is CCOC(=O)c1c(C)ccn1Cc1ccc(OC)c(Br)c1. The summed E-state index contributed by atoms with van der Waals surface area (Å²) in [6.07, 6.45) is 1.90. The molecule has 0 radical (unpaired) electrons. The highest BCUT2D eigenvalue weighted by atomic mass is 79.9. The highest BCUT2D eigenvalue weighted by molar-refractivity contribution is 9.10. The molecule has 2 aromatic rings. The first-order chi connectivity index (χ1) is 10.1. The lowest BCUT2D eigenvalue weighted by Gasteiger charge is -2.11. The molecule has 0 aliphatic heterocycles. The van der Waals surface area contributed by atoms with Crippen molar-refractivity contribution in [1.29, 1.82) is 0 Å². The van der Waals surface area contributed by atoms with Crippen LogP contribution in [0.15, 0.2) is 34.9 Å². The lowest BCUT2D eigenvalue weighted by Crippen LogP contribution is -2.13. The molecule has 0 N–H and O–H groups in total. The second kappa shape index (κ2) is 6.80. The average molecular weight is 352 g/mol. The van der Waals surface area contributed by atoms with Gasteiger partial charge < -0.3 is 14.0 Å². The lowest BCUT2D eigenvalue weighted by atomic mass is 10.2. The summed E-state index contributed by atoms with van der Waals surface area (Å²) in [6, 6.07) is 7.79. The second-order valence-corrected chi connectivity index (χ2v) is 5.52. The van der Waals surface area contributed by atoms with E-state index >= 15 is 0 Å². The van der Waals surface area contributed by atoms with Gasteiger partial charge in [0.2, 0.25) is 0 Å². The molecule has 112 valence electrons. The molecule has 0 spiro atoms. The van der Waals surface area contributed by atoms with Crippen LogP contribution in [0.4, 0.5) is 0 Å². The van der Waals surface area contributed by atoms with Crippen molar-refractivity contribution in [3.05, 3.63) is 51.8 Å². The van der Waals surface area contributed by atoms with E-state index in [0.29, 0.717) is 18.8 Å². The minimum Gasteiger partial charge on any atom is -0.496 e. The van der Waals surface area contributed by atoms with Gasteiger partial charge in [0, 0.05) is 12.7 Å². The standard InChI is InChI=1S/C16H18BrNO3/c1-4-21-16(19)15-11(2)7-8-18(15)10-12-5-6-14(20-3)13(17)9-12/h5-9H,4,10H2,1-3H3. The van der Waals surface area contributed by atoms with E-state index in [1.807, 2.05) is 42.0 Å². The van der Waals surface area contributed by atoms with E-state index in [4.69, 9.17) is 9.47 Å². The van der Waals surface area contributed by atoms with E-state index in [2.05, 4.69) is 15.9 Å². The highest BCUT2D eigenvalue weighted by Gasteiger charge is 2.16. The quantitative estimate of drug-likeness (QED) is 0.769. The Hall–Kier alpha value is -1.75. The molecule has 1 heterocycles. The Labute approximate surface area is 132 Å². The average Bonchev–Trinajstić information content (AvgIpc) is 2.80. The van der Waals surface area contributed by atoms with Crippen molar-refractivity contribution in [2.75, 3.05) is 13.7 Å². The van der Waals surface area contributed by atoms with Crippen molar-refractivity contribution in [2.45, 2.75) is 20.4 Å². The zero-order valence-corrected chi connectivity index (χ0v) is 13.9. The second-order valence-electron chi connectivity index (χ2n) is 4.66. The van der Waals surface area contributed by atoms with Gasteiger partial charge in [-0.2, -0.15) is 0 Å². The minimum absolute atomic E-state index is 0.285. The van der Waals surface area contributed by atoms with Crippen LogP contribution in [0, 0.1) is 6.92 Å². The Morgan fingerprint density at radius 1 is 1.33 bits per heavy atom. The zero-order chi connectivity index (χ0) is 15.4. The minimum atomic E-state index is -0.285. The van der Waals surface area contributed by atoms with Gasteiger partial charge in [-0.3, -0.25) is 0 Å². The fraction of sp³-hybridized carbons (Fsp3) is 0.312. The summed E-state index contributed by atoms with van der Waals surface area (Å²) in [5.74, 6) is 0.501. The van der Waals surface area contributed by atoms with Gasteiger partial charge in [-0.25, -0.2) is 4.79 Å². The van der Waals surface area contributed by atoms with E-state index in [0.717, 1.165) is 21.3 Å². The number of nitrogens with zero attached hydrogens (tertiary/aromatic N) is 1. The van der Waals surface area contributed by atoms with Crippen LogP contribution in [0.1, 0.15) is 28.5 Å². The van der Waals surface area contributed by atoms with E-state index in [1.165, 1.54) is 0 Å². The predicted molar refractivity (Wildman–Crippen MR) is 84.9 cm³/mol. The fourth-order valence-corrected chi connectivity index (χ4v) is 2.78. The van der Waals surface area contributed by atoms with Crippen LogP contribution in [-0.2, 0) is 11.3 Å². The summed E-state index contributed by atoms with van der Waals surface area (Å²) < 4.78 is 13.1. The van der Waals surface area contributed by atoms with Crippen molar-refractivity contribution in [3.8, 4) is 5.75 Å². The van der Waals surface area contributed by atoms with Crippen LogP contribution in [0.5, 0.6) is 5.75 Å². The number of hydrogen-bond donors (Lipinski definition) is 0. The maximum Gasteiger partial charge on any atom is 0.355 e. The first-order valence-corrected chi connectivity index (χ1v) is 7.51. The third kappa shape index (κ3) is 3.47. The third-order valence-corrected chi connectivity index (χ3v) is 3.82. The molecular weight excluding hydrogens is 334 g/mol. The Morgan fingerprint density at radius 3 is 2.71 bits per heavy atom. The summed E-state index contributed by atoms with van der Waals surface area (Å²) in [6.45, 7) is 4.69. The van der Waals surface area contributed by atoms with Crippen molar-refractivity contribution in [1.82, 2.24) is 4.57 Å². The van der Waals surface area contributed by atoms with Gasteiger partial charge in [0.05, 0.1) is 18.2 Å². The van der Waals surface area contributed by atoms with Crippen molar-refractivity contribution < 1.29 is 14.3 Å². The molecule has 0 amide bonds. The van der Waals surface area contributed by atoms with Gasteiger partial charge in [0.25, 0.3) is 0 Å². The van der Waals surface area contributed by atoms with Crippen molar-refractivity contribution in [3.63, 3.8) is 0 Å². The smallest absolute Gasteiger partial charge is 0.355 e. The van der Waals surface area contributed by atoms with E-state index in [-0.39, 0.29) is 5.97 Å². The molecule has 0 saturated carbocycles. The zero-order valence-electron chi connectivity index (χ0n) is 12.4. The number of ether oxygens (including phenoxy) is 2. The van der Waals surface area contributed by atoms with Gasteiger partial charge >= 0.3 is 5.97 Å². The van der Waals surface area contributed by atoms with Crippen molar-refractivity contribution >= 4 is 21.9 Å². The van der Waals surface area contributed by atoms with E-state index in [9.17, 15) is 4.79 Å². The summed E-state index contributed by atoms with van der Waals surface area (Å²) in [7, 11) is 1.63. The van der Waals surface area contributed by atoms with Crippen LogP contribution in [0.25, 0.3) is 0 Å². The van der Waals surface area contributed by atoms with E-state index < -0.39 is 0 Å². The predicted octanol–water partition coefficient (Wildman–Crippen LogP) is 3.79. The van der Waals surface area contributed by atoms with Crippen LogP contribution >= 0.6 is 15.9 Å². The summed E-state index contributed by atoms with van der Waals surface area (Å²) in [5, 5.41) is 0. The normalized spacial score (nSPS) is 10.5. The van der Waals surface area contributed by atoms with Gasteiger partial charge in [0.15, 0.2) is 0 Å². The molecule has 0 aliphatic rings. The molecule has 2 rings (SSSR count). The molecule has 0 bridgehead atoms. The number of carbonyl (C=O) groups excluding carboxylic acids is 1. The van der Waals surface area contributed by atoms with Crippen molar-refractivity contribution in [2.24, 2.45) is 0 Å². The highest BCUT2D eigenvalue weighted by Crippen LogP contribution is 2.26. The molecule has 0 saturated heterocycles. The number of benzene rings is 1. The molecule has 4 nitrogen and oxygen atoms in total. The molecule has 1 aromatic heterocycles. The molecule has 21 heavy (non-hydrogen) atoms. The molecule has 5 heteroatoms.